The molecular formula is C92H167NO8. The molecule has 0 aliphatic rings. The smallest absolute Gasteiger partial charge is 0.306 e. The largest absolute Gasteiger partial charge is 0.545 e. The lowest BCUT2D eigenvalue weighted by Gasteiger charge is -2.26. The highest BCUT2D eigenvalue weighted by Crippen LogP contribution is 2.20. The summed E-state index contributed by atoms with van der Waals surface area (Å²) in [5.41, 5.74) is 0. The van der Waals surface area contributed by atoms with Crippen LogP contribution in [0.4, 0.5) is 0 Å². The topological polar surface area (TPSA) is 111 Å². The molecule has 0 aromatic rings. The molecule has 588 valence electrons. The minimum Gasteiger partial charge on any atom is -0.545 e. The van der Waals surface area contributed by atoms with Crippen molar-refractivity contribution in [2.45, 2.75) is 437 Å². The zero-order valence-electron chi connectivity index (χ0n) is 67.5. The summed E-state index contributed by atoms with van der Waals surface area (Å²) in [4.78, 5) is 37.7. The van der Waals surface area contributed by atoms with Gasteiger partial charge < -0.3 is 33.3 Å². The van der Waals surface area contributed by atoms with E-state index in [4.69, 9.17) is 18.9 Å². The van der Waals surface area contributed by atoms with Crippen LogP contribution < -0.4 is 5.11 Å². The predicted molar refractivity (Wildman–Crippen MR) is 435 cm³/mol. The predicted octanol–water partition coefficient (Wildman–Crippen LogP) is 27.2. The molecule has 0 N–H and O–H groups in total. The van der Waals surface area contributed by atoms with Gasteiger partial charge in [0.25, 0.3) is 0 Å². The fourth-order valence-corrected chi connectivity index (χ4v) is 13.0. The van der Waals surface area contributed by atoms with Crippen molar-refractivity contribution in [1.82, 2.24) is 0 Å². The maximum Gasteiger partial charge on any atom is 0.306 e. The number of ether oxygens (including phenoxy) is 4. The molecule has 0 spiro atoms. The average molecular weight is 1420 g/mol. The van der Waals surface area contributed by atoms with Crippen LogP contribution in [0.25, 0.3) is 0 Å². The second-order valence-electron chi connectivity index (χ2n) is 30.8. The average Bonchev–Trinajstić information content (AvgIpc) is 1.21. The maximum absolute atomic E-state index is 13.0. The Balaban J connectivity index is 3.93. The Hall–Kier alpha value is -3.53. The van der Waals surface area contributed by atoms with Crippen LogP contribution >= 0.6 is 0 Å². The number of carbonyl (C=O) groups excluding carboxylic acids is 3. The SMILES string of the molecule is CC/C=C\C/C=C\C/C=C\C/C=C\C/C=C\C/C=C\CCCCCCCCCCCCCCCCCCCCCCCCC(=O)OC(COC(=O)CCCCCCCCCCCCCCCCCCCCCCCCC/C=C\CCCCCCCCCC)COC(OCC[N+](C)(C)C)C(=O)[O-]. The van der Waals surface area contributed by atoms with E-state index >= 15 is 0 Å². The minimum absolute atomic E-state index is 0.149. The summed E-state index contributed by atoms with van der Waals surface area (Å²) in [6.45, 7) is 4.70. The highest BCUT2D eigenvalue weighted by Gasteiger charge is 2.22. The Kier molecular flexibility index (Phi) is 79.3. The Morgan fingerprint density at radius 2 is 0.564 bits per heavy atom. The first-order valence-corrected chi connectivity index (χ1v) is 43.7. The third-order valence-corrected chi connectivity index (χ3v) is 19.6. The summed E-state index contributed by atoms with van der Waals surface area (Å²) in [5, 5.41) is 11.9. The number of carboxylic acid groups (broad SMARTS) is 1. The molecule has 0 radical (unpaired) electrons. The first kappa shape index (κ1) is 97.5. The van der Waals surface area contributed by atoms with E-state index in [-0.39, 0.29) is 32.2 Å². The van der Waals surface area contributed by atoms with Gasteiger partial charge in [0.15, 0.2) is 12.4 Å². The molecule has 0 fully saturated rings. The van der Waals surface area contributed by atoms with Crippen molar-refractivity contribution in [3.63, 3.8) is 0 Å². The molecule has 0 aromatic carbocycles. The Bertz CT molecular complexity index is 1940. The Labute approximate surface area is 627 Å². The number of likely N-dealkylation sites (N-methyl/N-ethyl adjacent to an activating group) is 1. The molecule has 0 aromatic heterocycles. The number of hydrogen-bond acceptors (Lipinski definition) is 8. The van der Waals surface area contributed by atoms with Crippen molar-refractivity contribution < 1.29 is 42.9 Å². The van der Waals surface area contributed by atoms with E-state index in [9.17, 15) is 19.5 Å². The first-order chi connectivity index (χ1) is 49.6. The third-order valence-electron chi connectivity index (χ3n) is 19.6. The second kappa shape index (κ2) is 82.1. The van der Waals surface area contributed by atoms with Crippen LogP contribution in [0.1, 0.15) is 425 Å². The van der Waals surface area contributed by atoms with E-state index in [1.54, 1.807) is 0 Å². The summed E-state index contributed by atoms with van der Waals surface area (Å²) in [5.74, 6) is -2.25. The van der Waals surface area contributed by atoms with Gasteiger partial charge >= 0.3 is 11.9 Å². The minimum atomic E-state index is -1.62. The molecule has 0 aliphatic heterocycles. The van der Waals surface area contributed by atoms with Gasteiger partial charge in [-0.1, -0.05) is 407 Å². The number of carboxylic acids is 1. The van der Waals surface area contributed by atoms with Crippen LogP contribution in [0.5, 0.6) is 0 Å². The lowest BCUT2D eigenvalue weighted by Crippen LogP contribution is -2.44. The van der Waals surface area contributed by atoms with Gasteiger partial charge in [0.05, 0.1) is 40.3 Å². The van der Waals surface area contributed by atoms with Crippen molar-refractivity contribution >= 4 is 17.9 Å². The van der Waals surface area contributed by atoms with Crippen LogP contribution in [-0.4, -0.2) is 82.3 Å². The van der Waals surface area contributed by atoms with Crippen molar-refractivity contribution in [2.75, 3.05) is 47.5 Å². The monoisotopic (exact) mass is 1410 g/mol. The molecule has 9 heteroatoms. The molecule has 0 bridgehead atoms. The fourth-order valence-electron chi connectivity index (χ4n) is 13.0. The molecule has 0 saturated heterocycles. The molecule has 0 aliphatic carbocycles. The van der Waals surface area contributed by atoms with E-state index in [1.807, 2.05) is 21.1 Å². The first-order valence-electron chi connectivity index (χ1n) is 43.7. The molecule has 0 heterocycles. The van der Waals surface area contributed by atoms with Crippen LogP contribution in [0, 0.1) is 0 Å². The van der Waals surface area contributed by atoms with Crippen molar-refractivity contribution in [3.05, 3.63) is 85.1 Å². The number of aliphatic carboxylic acids is 1. The van der Waals surface area contributed by atoms with Crippen molar-refractivity contribution in [3.8, 4) is 0 Å². The molecule has 9 nitrogen and oxygen atoms in total. The molecule has 0 rings (SSSR count). The van der Waals surface area contributed by atoms with Gasteiger partial charge in [0.2, 0.25) is 0 Å². The Morgan fingerprint density at radius 3 is 0.851 bits per heavy atom. The van der Waals surface area contributed by atoms with Crippen molar-refractivity contribution in [1.29, 1.82) is 0 Å². The zero-order valence-corrected chi connectivity index (χ0v) is 67.5. The summed E-state index contributed by atoms with van der Waals surface area (Å²) >= 11 is 0. The van der Waals surface area contributed by atoms with Gasteiger partial charge in [-0.2, -0.15) is 0 Å². The summed E-state index contributed by atoms with van der Waals surface area (Å²) in [6, 6.07) is 0. The maximum atomic E-state index is 13.0. The summed E-state index contributed by atoms with van der Waals surface area (Å²) < 4.78 is 22.9. The number of esters is 2. The third kappa shape index (κ3) is 83.6. The molecule has 0 amide bonds. The number of nitrogens with zero attached hydrogens (tertiary/aromatic N) is 1. The normalized spacial score (nSPS) is 13.0. The van der Waals surface area contributed by atoms with Crippen LogP contribution in [0.2, 0.25) is 0 Å². The van der Waals surface area contributed by atoms with E-state index < -0.39 is 24.3 Å². The van der Waals surface area contributed by atoms with Gasteiger partial charge in [0.1, 0.15) is 13.2 Å². The summed E-state index contributed by atoms with van der Waals surface area (Å²) in [6.07, 6.45) is 110. The molecule has 101 heavy (non-hydrogen) atoms. The lowest BCUT2D eigenvalue weighted by atomic mass is 10.0. The lowest BCUT2D eigenvalue weighted by molar-refractivity contribution is -0.870. The van der Waals surface area contributed by atoms with E-state index in [2.05, 4.69) is 98.9 Å². The van der Waals surface area contributed by atoms with E-state index in [0.717, 1.165) is 70.6 Å². The van der Waals surface area contributed by atoms with Gasteiger partial charge in [0, 0.05) is 12.8 Å². The van der Waals surface area contributed by atoms with Gasteiger partial charge in [-0.3, -0.25) is 9.59 Å². The van der Waals surface area contributed by atoms with Gasteiger partial charge in [-0.15, -0.1) is 0 Å². The second-order valence-corrected chi connectivity index (χ2v) is 30.8. The summed E-state index contributed by atoms with van der Waals surface area (Å²) in [7, 11) is 5.95. The highest BCUT2D eigenvalue weighted by molar-refractivity contribution is 5.70. The van der Waals surface area contributed by atoms with E-state index in [1.165, 1.54) is 321 Å². The van der Waals surface area contributed by atoms with Crippen molar-refractivity contribution in [2.24, 2.45) is 0 Å². The molecule has 0 saturated carbocycles. The van der Waals surface area contributed by atoms with Gasteiger partial charge in [-0.05, 0) is 89.9 Å². The van der Waals surface area contributed by atoms with Crippen LogP contribution in [0.15, 0.2) is 85.1 Å². The number of hydrogen-bond donors (Lipinski definition) is 0. The van der Waals surface area contributed by atoms with Gasteiger partial charge in [-0.25, -0.2) is 0 Å². The Morgan fingerprint density at radius 1 is 0.307 bits per heavy atom. The highest BCUT2D eigenvalue weighted by atomic mass is 16.7. The number of rotatable bonds is 82. The zero-order chi connectivity index (χ0) is 73.2. The number of unbranched alkanes of at least 4 members (excludes halogenated alkanes) is 53. The molecule has 2 unspecified atom stereocenters. The van der Waals surface area contributed by atoms with Crippen LogP contribution in [-0.2, 0) is 33.3 Å². The quantitative estimate of drug-likeness (QED) is 0.0195. The van der Waals surface area contributed by atoms with E-state index in [0.29, 0.717) is 23.9 Å². The fraction of sp³-hybridized carbons (Fsp3) is 0.815. The molecule has 2 atom stereocenters. The number of carbonyl (C=O) groups is 3. The van der Waals surface area contributed by atoms with Crippen LogP contribution in [0.3, 0.4) is 0 Å². The standard InChI is InChI=1S/C92H167NO8/c1-6-8-10-12-14-16-18-20-22-24-26-28-30-32-34-36-38-40-42-43-44-45-46-47-49-51-53-55-57-59-61-63-65-67-69-71-73-75-77-79-81-83-90(95)101-88(87-100-92(91(96)97)98-85-84-93(3,4)5)86-99-89(94)82-80-78-76-74-72-70-68-66-64-62-60-58-56-54-52-50-48-41-39-37-35-33-31-29-27-25-23-21-19-17-15-13-11-9-7-2/h8,10,14,16,20,22,25-28,32,34,38,40,88,92H,6-7,9,11-13,15,17-19,21,23-24,29-31,33,35-37,39,41-87H2,1-5H3/b10-8-,16-14-,22-20-,27-25-,28-26-,34-32-,40-38-. The molecular weight excluding hydrogens is 1250 g/mol. The number of allylic oxidation sites excluding steroid dienone is 14. The number of quaternary nitrogens is 1.